The molecular weight excluding hydrogens is 325 g/mol. The SMILES string of the molecule is O=C(Cc1cccc(C(F)(F)F)c1)c1occc1Br. The number of Topliss-reactive ketones (excluding diaryl/α,β-unsaturated/α-hetero) is 1. The third kappa shape index (κ3) is 3.26. The van der Waals surface area contributed by atoms with Crippen LogP contribution in [0.15, 0.2) is 45.5 Å². The first-order chi connectivity index (χ1) is 8.88. The van der Waals surface area contributed by atoms with Crippen molar-refractivity contribution >= 4 is 21.7 Å². The molecule has 0 spiro atoms. The Morgan fingerprint density at radius 2 is 2.00 bits per heavy atom. The Morgan fingerprint density at radius 1 is 1.26 bits per heavy atom. The molecule has 2 nitrogen and oxygen atoms in total. The number of benzene rings is 1. The van der Waals surface area contributed by atoms with Gasteiger partial charge < -0.3 is 4.42 Å². The zero-order valence-electron chi connectivity index (χ0n) is 9.50. The lowest BCUT2D eigenvalue weighted by atomic mass is 10.0. The van der Waals surface area contributed by atoms with Crippen LogP contribution in [0.5, 0.6) is 0 Å². The highest BCUT2D eigenvalue weighted by molar-refractivity contribution is 9.10. The lowest BCUT2D eigenvalue weighted by Crippen LogP contribution is -2.07. The maximum atomic E-state index is 12.5. The molecule has 0 atom stereocenters. The molecule has 0 amide bonds. The molecule has 0 aliphatic rings. The van der Waals surface area contributed by atoms with Crippen molar-refractivity contribution in [2.24, 2.45) is 0 Å². The van der Waals surface area contributed by atoms with Crippen LogP contribution < -0.4 is 0 Å². The molecule has 1 aromatic heterocycles. The summed E-state index contributed by atoms with van der Waals surface area (Å²) in [6.07, 6.45) is -3.22. The van der Waals surface area contributed by atoms with Gasteiger partial charge in [0.1, 0.15) is 0 Å². The molecule has 1 heterocycles. The summed E-state index contributed by atoms with van der Waals surface area (Å²) >= 11 is 3.13. The highest BCUT2D eigenvalue weighted by Crippen LogP contribution is 2.30. The maximum absolute atomic E-state index is 12.5. The molecule has 6 heteroatoms. The Hall–Kier alpha value is -1.56. The van der Waals surface area contributed by atoms with Gasteiger partial charge in [0.25, 0.3) is 0 Å². The lowest BCUT2D eigenvalue weighted by molar-refractivity contribution is -0.137. The van der Waals surface area contributed by atoms with E-state index in [9.17, 15) is 18.0 Å². The van der Waals surface area contributed by atoms with E-state index >= 15 is 0 Å². The number of hydrogen-bond acceptors (Lipinski definition) is 2. The van der Waals surface area contributed by atoms with E-state index in [-0.39, 0.29) is 18.0 Å². The molecule has 0 aliphatic carbocycles. The third-order valence-electron chi connectivity index (χ3n) is 2.49. The minimum absolute atomic E-state index is 0.109. The predicted octanol–water partition coefficient (Wildman–Crippen LogP) is 4.49. The molecule has 0 N–H and O–H groups in total. The Labute approximate surface area is 115 Å². The van der Waals surface area contributed by atoms with Gasteiger partial charge in [0.05, 0.1) is 16.3 Å². The molecule has 0 aliphatic heterocycles. The number of ketones is 1. The molecule has 0 unspecified atom stereocenters. The van der Waals surface area contributed by atoms with Crippen LogP contribution in [-0.2, 0) is 12.6 Å². The molecular formula is C13H8BrF3O2. The molecule has 1 aromatic carbocycles. The van der Waals surface area contributed by atoms with Gasteiger partial charge in [-0.2, -0.15) is 13.2 Å². The van der Waals surface area contributed by atoms with Crippen LogP contribution in [0.4, 0.5) is 13.2 Å². The summed E-state index contributed by atoms with van der Waals surface area (Å²) in [4.78, 5) is 11.9. The van der Waals surface area contributed by atoms with E-state index in [2.05, 4.69) is 15.9 Å². The number of carbonyl (C=O) groups excluding carboxylic acids is 1. The van der Waals surface area contributed by atoms with Crippen LogP contribution in [0.3, 0.4) is 0 Å². The monoisotopic (exact) mass is 332 g/mol. The predicted molar refractivity (Wildman–Crippen MR) is 65.9 cm³/mol. The first-order valence-electron chi connectivity index (χ1n) is 5.30. The van der Waals surface area contributed by atoms with E-state index < -0.39 is 11.7 Å². The number of carbonyl (C=O) groups is 1. The minimum atomic E-state index is -4.41. The van der Waals surface area contributed by atoms with E-state index in [1.807, 2.05) is 0 Å². The van der Waals surface area contributed by atoms with Crippen molar-refractivity contribution < 1.29 is 22.4 Å². The second-order valence-corrected chi connectivity index (χ2v) is 4.75. The summed E-state index contributed by atoms with van der Waals surface area (Å²) < 4.78 is 43.1. The summed E-state index contributed by atoms with van der Waals surface area (Å²) in [5.41, 5.74) is -0.473. The average molecular weight is 333 g/mol. The molecule has 0 radical (unpaired) electrons. The molecule has 0 bridgehead atoms. The summed E-state index contributed by atoms with van der Waals surface area (Å²) in [6, 6.07) is 6.25. The van der Waals surface area contributed by atoms with Crippen LogP contribution in [0.1, 0.15) is 21.7 Å². The van der Waals surface area contributed by atoms with Gasteiger partial charge in [0.15, 0.2) is 5.76 Å². The van der Waals surface area contributed by atoms with Crippen LogP contribution in [0, 0.1) is 0 Å². The number of alkyl halides is 3. The molecule has 0 saturated heterocycles. The van der Waals surface area contributed by atoms with Gasteiger partial charge in [-0.15, -0.1) is 0 Å². The van der Waals surface area contributed by atoms with E-state index in [1.54, 1.807) is 6.07 Å². The average Bonchev–Trinajstić information content (AvgIpc) is 2.75. The van der Waals surface area contributed by atoms with Crippen molar-refractivity contribution in [2.75, 3.05) is 0 Å². The zero-order valence-corrected chi connectivity index (χ0v) is 11.1. The van der Waals surface area contributed by atoms with Gasteiger partial charge in [-0.25, -0.2) is 0 Å². The van der Waals surface area contributed by atoms with E-state index in [0.29, 0.717) is 10.0 Å². The van der Waals surface area contributed by atoms with Gasteiger partial charge in [0.2, 0.25) is 5.78 Å². The molecule has 0 saturated carbocycles. The Morgan fingerprint density at radius 3 is 2.58 bits per heavy atom. The number of furan rings is 1. The second kappa shape index (κ2) is 5.21. The standard InChI is InChI=1S/C13H8BrF3O2/c14-10-4-5-19-12(10)11(18)7-8-2-1-3-9(6-8)13(15,16)17/h1-6H,7H2. The molecule has 19 heavy (non-hydrogen) atoms. The molecule has 2 aromatic rings. The smallest absolute Gasteiger partial charge is 0.416 e. The second-order valence-electron chi connectivity index (χ2n) is 3.90. The van der Waals surface area contributed by atoms with Crippen molar-refractivity contribution in [1.29, 1.82) is 0 Å². The van der Waals surface area contributed by atoms with Crippen molar-refractivity contribution in [3.8, 4) is 0 Å². The van der Waals surface area contributed by atoms with Gasteiger partial charge in [-0.3, -0.25) is 4.79 Å². The minimum Gasteiger partial charge on any atom is -0.460 e. The quantitative estimate of drug-likeness (QED) is 0.775. The molecule has 2 rings (SSSR count). The van der Waals surface area contributed by atoms with Crippen molar-refractivity contribution in [2.45, 2.75) is 12.6 Å². The summed E-state index contributed by atoms with van der Waals surface area (Å²) in [7, 11) is 0. The van der Waals surface area contributed by atoms with E-state index in [4.69, 9.17) is 4.42 Å². The van der Waals surface area contributed by atoms with E-state index in [1.165, 1.54) is 18.4 Å². The first kappa shape index (κ1) is 13.9. The molecule has 100 valence electrons. The zero-order chi connectivity index (χ0) is 14.0. The molecule has 0 fully saturated rings. The van der Waals surface area contributed by atoms with Gasteiger partial charge in [-0.1, -0.05) is 18.2 Å². The van der Waals surface area contributed by atoms with Gasteiger partial charge in [0, 0.05) is 6.42 Å². The first-order valence-corrected chi connectivity index (χ1v) is 6.09. The maximum Gasteiger partial charge on any atom is 0.416 e. The highest BCUT2D eigenvalue weighted by Gasteiger charge is 2.30. The Kier molecular flexibility index (Phi) is 3.80. The number of hydrogen-bond donors (Lipinski definition) is 0. The third-order valence-corrected chi connectivity index (χ3v) is 3.11. The Bertz CT molecular complexity index is 602. The van der Waals surface area contributed by atoms with Gasteiger partial charge in [-0.05, 0) is 33.6 Å². The lowest BCUT2D eigenvalue weighted by Gasteiger charge is -2.08. The van der Waals surface area contributed by atoms with Crippen LogP contribution in [0.2, 0.25) is 0 Å². The topological polar surface area (TPSA) is 30.2 Å². The van der Waals surface area contributed by atoms with Crippen molar-refractivity contribution in [1.82, 2.24) is 0 Å². The number of rotatable bonds is 3. The highest BCUT2D eigenvalue weighted by atomic mass is 79.9. The summed E-state index contributed by atoms with van der Waals surface area (Å²) in [5, 5.41) is 0. The fourth-order valence-electron chi connectivity index (χ4n) is 1.62. The summed E-state index contributed by atoms with van der Waals surface area (Å²) in [6.45, 7) is 0. The van der Waals surface area contributed by atoms with E-state index in [0.717, 1.165) is 12.1 Å². The Balaban J connectivity index is 2.21. The van der Waals surface area contributed by atoms with Crippen molar-refractivity contribution in [3.05, 3.63) is 58.0 Å². The van der Waals surface area contributed by atoms with Crippen LogP contribution in [0.25, 0.3) is 0 Å². The van der Waals surface area contributed by atoms with Crippen LogP contribution in [-0.4, -0.2) is 5.78 Å². The fraction of sp³-hybridized carbons (Fsp3) is 0.154. The normalized spacial score (nSPS) is 11.6. The largest absolute Gasteiger partial charge is 0.460 e. The van der Waals surface area contributed by atoms with Crippen molar-refractivity contribution in [3.63, 3.8) is 0 Å². The fourth-order valence-corrected chi connectivity index (χ4v) is 2.04. The van der Waals surface area contributed by atoms with Crippen LogP contribution >= 0.6 is 15.9 Å². The van der Waals surface area contributed by atoms with Gasteiger partial charge >= 0.3 is 6.18 Å². The number of halogens is 4. The summed E-state index contributed by atoms with van der Waals surface area (Å²) in [5.74, 6) is -0.270.